The predicted molar refractivity (Wildman–Crippen MR) is 116 cm³/mol. The zero-order valence-electron chi connectivity index (χ0n) is 18.3. The summed E-state index contributed by atoms with van der Waals surface area (Å²) < 4.78 is 15.4. The monoisotopic (exact) mass is 431 g/mol. The summed E-state index contributed by atoms with van der Waals surface area (Å²) in [5.41, 5.74) is 0.617. The fraction of sp³-hybridized carbons (Fsp3) is 0.476. The van der Waals surface area contributed by atoms with Crippen LogP contribution in [0.15, 0.2) is 28.8 Å². The molecule has 1 atom stereocenters. The van der Waals surface area contributed by atoms with Gasteiger partial charge in [-0.1, -0.05) is 5.16 Å². The largest absolute Gasteiger partial charge is 0.497 e. The maximum absolute atomic E-state index is 12.7. The van der Waals surface area contributed by atoms with E-state index < -0.39 is 0 Å². The van der Waals surface area contributed by atoms with E-state index in [9.17, 15) is 9.59 Å². The Labute approximate surface area is 181 Å². The van der Waals surface area contributed by atoms with Crippen molar-refractivity contribution in [1.29, 1.82) is 0 Å². The first-order chi connectivity index (χ1) is 14.9. The van der Waals surface area contributed by atoms with Crippen LogP contribution in [0.4, 0.5) is 11.5 Å². The highest BCUT2D eigenvalue weighted by molar-refractivity contribution is 5.95. The van der Waals surface area contributed by atoms with E-state index in [4.69, 9.17) is 14.0 Å². The van der Waals surface area contributed by atoms with E-state index in [1.165, 1.54) is 0 Å². The minimum absolute atomic E-state index is 0.108. The molecule has 0 aliphatic carbocycles. The summed E-state index contributed by atoms with van der Waals surface area (Å²) in [7, 11) is 3.13. The zero-order valence-corrected chi connectivity index (χ0v) is 18.3. The first-order valence-corrected chi connectivity index (χ1v) is 10.1. The second-order valence-electron chi connectivity index (χ2n) is 7.45. The fourth-order valence-electron chi connectivity index (χ4n) is 3.41. The van der Waals surface area contributed by atoms with Crippen molar-refractivity contribution in [3.05, 3.63) is 30.0 Å². The van der Waals surface area contributed by atoms with Crippen LogP contribution in [0.1, 0.15) is 12.7 Å². The number of hydrogen-bond acceptors (Lipinski definition) is 8. The number of nitrogens with one attached hydrogen (secondary N) is 2. The van der Waals surface area contributed by atoms with E-state index in [0.29, 0.717) is 54.9 Å². The topological polar surface area (TPSA) is 109 Å². The normalized spacial score (nSPS) is 15.9. The van der Waals surface area contributed by atoms with Gasteiger partial charge in [0.15, 0.2) is 5.82 Å². The number of carbonyl (C=O) groups is 2. The Morgan fingerprint density at radius 2 is 1.71 bits per heavy atom. The van der Waals surface area contributed by atoms with Crippen LogP contribution in [0.5, 0.6) is 11.5 Å². The molecule has 0 saturated carbocycles. The Morgan fingerprint density at radius 3 is 2.26 bits per heavy atom. The summed E-state index contributed by atoms with van der Waals surface area (Å²) in [6.45, 7) is 6.67. The molecule has 2 amide bonds. The molecule has 2 heterocycles. The lowest BCUT2D eigenvalue weighted by molar-refractivity contribution is -0.122. The summed E-state index contributed by atoms with van der Waals surface area (Å²) in [5.74, 6) is 2.02. The Hall–Kier alpha value is -3.11. The quantitative estimate of drug-likeness (QED) is 0.649. The molecule has 0 spiro atoms. The third-order valence-corrected chi connectivity index (χ3v) is 5.22. The van der Waals surface area contributed by atoms with Gasteiger partial charge in [-0.2, -0.15) is 0 Å². The maximum Gasteiger partial charge on any atom is 0.241 e. The molecule has 2 N–H and O–H groups in total. The van der Waals surface area contributed by atoms with Gasteiger partial charge < -0.3 is 24.6 Å². The van der Waals surface area contributed by atoms with Gasteiger partial charge >= 0.3 is 0 Å². The molecule has 1 aromatic heterocycles. The highest BCUT2D eigenvalue weighted by Gasteiger charge is 2.26. The van der Waals surface area contributed by atoms with E-state index in [1.807, 2.05) is 6.92 Å². The van der Waals surface area contributed by atoms with Gasteiger partial charge in [0.05, 0.1) is 26.8 Å². The summed E-state index contributed by atoms with van der Waals surface area (Å²) in [6.07, 6.45) is 0. The lowest BCUT2D eigenvalue weighted by atomic mass is 10.2. The van der Waals surface area contributed by atoms with Crippen molar-refractivity contribution in [3.8, 4) is 11.5 Å². The highest BCUT2D eigenvalue weighted by atomic mass is 16.5. The number of hydrogen-bond donors (Lipinski definition) is 2. The molecule has 31 heavy (non-hydrogen) atoms. The van der Waals surface area contributed by atoms with Crippen LogP contribution in [-0.2, 0) is 9.59 Å². The standard InChI is InChI=1S/C21H29N5O5/c1-14-9-19(24-31-14)23-20(27)13-25-5-7-26(8-6-25)15(2)21(28)22-16-10-17(29-3)12-18(11-16)30-4/h9-12,15H,5-8,13H2,1-4H3,(H,22,28)(H,23,24,27). The minimum Gasteiger partial charge on any atom is -0.497 e. The van der Waals surface area contributed by atoms with Crippen LogP contribution < -0.4 is 20.1 Å². The van der Waals surface area contributed by atoms with E-state index in [0.717, 1.165) is 0 Å². The smallest absolute Gasteiger partial charge is 0.241 e. The van der Waals surface area contributed by atoms with Crippen molar-refractivity contribution in [1.82, 2.24) is 15.0 Å². The zero-order chi connectivity index (χ0) is 22.4. The second kappa shape index (κ2) is 10.3. The lowest BCUT2D eigenvalue weighted by Gasteiger charge is -2.37. The molecule has 168 valence electrons. The van der Waals surface area contributed by atoms with E-state index >= 15 is 0 Å². The molecule has 1 saturated heterocycles. The number of piperazine rings is 1. The maximum atomic E-state index is 12.7. The summed E-state index contributed by atoms with van der Waals surface area (Å²) >= 11 is 0. The van der Waals surface area contributed by atoms with Crippen LogP contribution in [0.25, 0.3) is 0 Å². The fourth-order valence-corrected chi connectivity index (χ4v) is 3.41. The summed E-state index contributed by atoms with van der Waals surface area (Å²) in [6, 6.07) is 6.61. The average Bonchev–Trinajstić information content (AvgIpc) is 3.17. The second-order valence-corrected chi connectivity index (χ2v) is 7.45. The molecule has 10 heteroatoms. The lowest BCUT2D eigenvalue weighted by Crippen LogP contribution is -2.53. The molecule has 2 aromatic rings. The third kappa shape index (κ3) is 6.19. The first kappa shape index (κ1) is 22.6. The molecule has 1 aliphatic rings. The number of amides is 2. The van der Waals surface area contributed by atoms with Crippen LogP contribution in [0.3, 0.4) is 0 Å². The van der Waals surface area contributed by atoms with Crippen molar-refractivity contribution < 1.29 is 23.6 Å². The van der Waals surface area contributed by atoms with Gasteiger partial charge in [-0.05, 0) is 13.8 Å². The van der Waals surface area contributed by atoms with Crippen molar-refractivity contribution in [2.45, 2.75) is 19.9 Å². The molecule has 10 nitrogen and oxygen atoms in total. The van der Waals surface area contributed by atoms with Gasteiger partial charge in [0.25, 0.3) is 0 Å². The molecule has 0 radical (unpaired) electrons. The van der Waals surface area contributed by atoms with Crippen LogP contribution in [0, 0.1) is 6.92 Å². The van der Waals surface area contributed by atoms with Crippen LogP contribution in [0.2, 0.25) is 0 Å². The number of anilines is 2. The number of carbonyl (C=O) groups excluding carboxylic acids is 2. The average molecular weight is 431 g/mol. The Bertz CT molecular complexity index is 885. The minimum atomic E-state index is -0.314. The van der Waals surface area contributed by atoms with Crippen molar-refractivity contribution in [2.24, 2.45) is 0 Å². The molecule has 1 aromatic carbocycles. The molecule has 0 bridgehead atoms. The van der Waals surface area contributed by atoms with E-state index in [-0.39, 0.29) is 24.4 Å². The number of rotatable bonds is 8. The number of aryl methyl sites for hydroxylation is 1. The summed E-state index contributed by atoms with van der Waals surface area (Å²) in [4.78, 5) is 29.1. The number of nitrogens with zero attached hydrogens (tertiary/aromatic N) is 3. The van der Waals surface area contributed by atoms with Gasteiger partial charge in [0.1, 0.15) is 17.3 Å². The molecule has 1 fully saturated rings. The number of benzene rings is 1. The molecular weight excluding hydrogens is 402 g/mol. The Balaban J connectivity index is 1.47. The van der Waals surface area contributed by atoms with Crippen molar-refractivity contribution in [3.63, 3.8) is 0 Å². The highest BCUT2D eigenvalue weighted by Crippen LogP contribution is 2.26. The Kier molecular flexibility index (Phi) is 7.48. The van der Waals surface area contributed by atoms with Crippen LogP contribution in [-0.4, -0.2) is 79.8 Å². The predicted octanol–water partition coefficient (Wildman–Crippen LogP) is 1.58. The van der Waals surface area contributed by atoms with E-state index in [2.05, 4.69) is 25.6 Å². The number of ether oxygens (including phenoxy) is 2. The number of methoxy groups -OCH3 is 2. The molecule has 3 rings (SSSR count). The van der Waals surface area contributed by atoms with Gasteiger partial charge in [0.2, 0.25) is 11.8 Å². The van der Waals surface area contributed by atoms with Crippen molar-refractivity contribution in [2.75, 3.05) is 57.6 Å². The van der Waals surface area contributed by atoms with Crippen LogP contribution >= 0.6 is 0 Å². The van der Waals surface area contributed by atoms with Crippen molar-refractivity contribution >= 4 is 23.3 Å². The first-order valence-electron chi connectivity index (χ1n) is 10.1. The molecule has 1 unspecified atom stereocenters. The SMILES string of the molecule is COc1cc(NC(=O)C(C)N2CCN(CC(=O)Nc3cc(C)on3)CC2)cc(OC)c1. The number of aromatic nitrogens is 1. The van der Waals surface area contributed by atoms with Gasteiger partial charge in [0, 0.05) is 56.1 Å². The third-order valence-electron chi connectivity index (χ3n) is 5.22. The Morgan fingerprint density at radius 1 is 1.06 bits per heavy atom. The van der Waals surface area contributed by atoms with Gasteiger partial charge in [-0.15, -0.1) is 0 Å². The van der Waals surface area contributed by atoms with Gasteiger partial charge in [-0.25, -0.2) is 0 Å². The summed E-state index contributed by atoms with van der Waals surface area (Å²) in [5, 5.41) is 9.42. The van der Waals surface area contributed by atoms with Gasteiger partial charge in [-0.3, -0.25) is 19.4 Å². The molecular formula is C21H29N5O5. The van der Waals surface area contributed by atoms with E-state index in [1.54, 1.807) is 45.4 Å². The molecule has 1 aliphatic heterocycles.